The number of rotatable bonds is 5. The molecular formula is C13H18BrN3O2. The molecule has 0 aliphatic heterocycles. The third-order valence-corrected chi connectivity index (χ3v) is 3.07. The van der Waals surface area contributed by atoms with E-state index in [1.807, 2.05) is 38.1 Å². The number of carbonyl (C=O) groups excluding carboxylic acids is 2. The van der Waals surface area contributed by atoms with Crippen LogP contribution >= 0.6 is 15.9 Å². The topological polar surface area (TPSA) is 70.2 Å². The Morgan fingerprint density at radius 1 is 1.26 bits per heavy atom. The number of halogens is 1. The van der Waals surface area contributed by atoms with Crippen LogP contribution in [-0.4, -0.2) is 24.5 Å². The lowest BCUT2D eigenvalue weighted by Gasteiger charge is -2.12. The van der Waals surface area contributed by atoms with Crippen LogP contribution in [0.15, 0.2) is 28.7 Å². The number of carbonyl (C=O) groups is 2. The summed E-state index contributed by atoms with van der Waals surface area (Å²) in [6.07, 6.45) is 0.818. The molecule has 3 N–H and O–H groups in total. The van der Waals surface area contributed by atoms with Crippen molar-refractivity contribution < 1.29 is 9.59 Å². The zero-order valence-electron chi connectivity index (χ0n) is 11.0. The van der Waals surface area contributed by atoms with Gasteiger partial charge in [0.1, 0.15) is 0 Å². The molecule has 0 radical (unpaired) electrons. The van der Waals surface area contributed by atoms with E-state index in [1.165, 1.54) is 0 Å². The third kappa shape index (κ3) is 6.24. The summed E-state index contributed by atoms with van der Waals surface area (Å²) in [5.41, 5.74) is 0.820. The van der Waals surface area contributed by atoms with Gasteiger partial charge in [0.05, 0.1) is 6.54 Å². The van der Waals surface area contributed by atoms with Crippen molar-refractivity contribution in [2.75, 3.05) is 11.9 Å². The Labute approximate surface area is 121 Å². The molecule has 0 heterocycles. The van der Waals surface area contributed by atoms with Crippen LogP contribution in [-0.2, 0) is 4.79 Å². The van der Waals surface area contributed by atoms with E-state index in [-0.39, 0.29) is 18.5 Å². The second kappa shape index (κ2) is 7.78. The summed E-state index contributed by atoms with van der Waals surface area (Å²) in [6, 6.07) is 7.02. The summed E-state index contributed by atoms with van der Waals surface area (Å²) in [6.45, 7) is 3.89. The molecule has 0 fully saturated rings. The van der Waals surface area contributed by atoms with E-state index in [2.05, 4.69) is 31.9 Å². The van der Waals surface area contributed by atoms with Crippen molar-refractivity contribution >= 4 is 33.6 Å². The van der Waals surface area contributed by atoms with Crippen molar-refractivity contribution in [3.05, 3.63) is 28.7 Å². The maximum absolute atomic E-state index is 11.5. The minimum absolute atomic E-state index is 0.0484. The summed E-state index contributed by atoms with van der Waals surface area (Å²) in [7, 11) is 0. The first-order valence-corrected chi connectivity index (χ1v) is 6.90. The molecule has 0 saturated heterocycles. The van der Waals surface area contributed by atoms with E-state index in [1.54, 1.807) is 0 Å². The summed E-state index contributed by atoms with van der Waals surface area (Å²) in [4.78, 5) is 22.9. The van der Waals surface area contributed by atoms with Crippen LogP contribution in [0.3, 0.4) is 0 Å². The molecule has 19 heavy (non-hydrogen) atoms. The van der Waals surface area contributed by atoms with Crippen molar-refractivity contribution in [1.82, 2.24) is 10.6 Å². The van der Waals surface area contributed by atoms with Crippen LogP contribution < -0.4 is 16.0 Å². The molecule has 0 aromatic heterocycles. The summed E-state index contributed by atoms with van der Waals surface area (Å²) >= 11 is 3.33. The molecule has 0 spiro atoms. The molecular weight excluding hydrogens is 310 g/mol. The van der Waals surface area contributed by atoms with Gasteiger partial charge in [-0.2, -0.15) is 0 Å². The lowest BCUT2D eigenvalue weighted by atomic mass is 10.3. The Balaban J connectivity index is 2.31. The summed E-state index contributed by atoms with van der Waals surface area (Å²) < 4.78 is 0.968. The molecule has 1 aromatic rings. The Kier molecular flexibility index (Phi) is 6.35. The molecule has 6 heteroatoms. The lowest BCUT2D eigenvalue weighted by Crippen LogP contribution is -2.45. The van der Waals surface area contributed by atoms with Gasteiger partial charge in [-0.3, -0.25) is 10.1 Å². The van der Waals surface area contributed by atoms with Gasteiger partial charge in [-0.05, 0) is 37.6 Å². The van der Waals surface area contributed by atoms with Crippen LogP contribution in [0.2, 0.25) is 0 Å². The SMILES string of the molecule is CC[C@@H](C)NC(=O)NC(=O)CNc1ccc(Br)cc1. The number of amides is 3. The summed E-state index contributed by atoms with van der Waals surface area (Å²) in [5.74, 6) is -0.372. The third-order valence-electron chi connectivity index (χ3n) is 2.54. The highest BCUT2D eigenvalue weighted by Crippen LogP contribution is 2.13. The van der Waals surface area contributed by atoms with Gasteiger partial charge in [0, 0.05) is 16.2 Å². The van der Waals surface area contributed by atoms with Crippen LogP contribution in [0.25, 0.3) is 0 Å². The number of hydrogen-bond acceptors (Lipinski definition) is 3. The normalized spacial score (nSPS) is 11.5. The molecule has 3 amide bonds. The lowest BCUT2D eigenvalue weighted by molar-refractivity contribution is -0.118. The van der Waals surface area contributed by atoms with Gasteiger partial charge >= 0.3 is 6.03 Å². The van der Waals surface area contributed by atoms with Gasteiger partial charge in [-0.15, -0.1) is 0 Å². The molecule has 5 nitrogen and oxygen atoms in total. The van der Waals surface area contributed by atoms with Crippen molar-refractivity contribution in [3.63, 3.8) is 0 Å². The number of imide groups is 1. The standard InChI is InChI=1S/C13H18BrN3O2/c1-3-9(2)16-13(19)17-12(18)8-15-11-6-4-10(14)5-7-11/h4-7,9,15H,3,8H2,1-2H3,(H2,16,17,18,19)/t9-/m1/s1. The zero-order chi connectivity index (χ0) is 14.3. The fraction of sp³-hybridized carbons (Fsp3) is 0.385. The van der Waals surface area contributed by atoms with Gasteiger partial charge in [-0.25, -0.2) is 4.79 Å². The second-order valence-electron chi connectivity index (χ2n) is 4.19. The van der Waals surface area contributed by atoms with Crippen molar-refractivity contribution in [2.45, 2.75) is 26.3 Å². The largest absolute Gasteiger partial charge is 0.376 e. The minimum atomic E-state index is -0.461. The van der Waals surface area contributed by atoms with Crippen LogP contribution in [0.4, 0.5) is 10.5 Å². The molecule has 0 aliphatic rings. The van der Waals surface area contributed by atoms with E-state index in [9.17, 15) is 9.59 Å². The molecule has 1 atom stereocenters. The minimum Gasteiger partial charge on any atom is -0.376 e. The molecule has 104 valence electrons. The van der Waals surface area contributed by atoms with Crippen LogP contribution in [0.5, 0.6) is 0 Å². The highest BCUT2D eigenvalue weighted by Gasteiger charge is 2.09. The smallest absolute Gasteiger partial charge is 0.321 e. The quantitative estimate of drug-likeness (QED) is 0.778. The Hall–Kier alpha value is -1.56. The fourth-order valence-electron chi connectivity index (χ4n) is 1.28. The number of benzene rings is 1. The first kappa shape index (κ1) is 15.5. The van der Waals surface area contributed by atoms with Gasteiger partial charge in [0.2, 0.25) is 5.91 Å². The molecule has 0 aliphatic carbocycles. The van der Waals surface area contributed by atoms with Crippen LogP contribution in [0.1, 0.15) is 20.3 Å². The summed E-state index contributed by atoms with van der Waals surface area (Å²) in [5, 5.41) is 7.86. The molecule has 0 unspecified atom stereocenters. The van der Waals surface area contributed by atoms with Gasteiger partial charge in [0.25, 0.3) is 0 Å². The van der Waals surface area contributed by atoms with Crippen LogP contribution in [0, 0.1) is 0 Å². The molecule has 0 saturated carbocycles. The average Bonchev–Trinajstić information content (AvgIpc) is 2.37. The van der Waals surface area contributed by atoms with E-state index in [0.29, 0.717) is 0 Å². The van der Waals surface area contributed by atoms with Gasteiger partial charge in [-0.1, -0.05) is 22.9 Å². The predicted molar refractivity (Wildman–Crippen MR) is 79.1 cm³/mol. The Morgan fingerprint density at radius 3 is 2.47 bits per heavy atom. The second-order valence-corrected chi connectivity index (χ2v) is 5.11. The first-order chi connectivity index (χ1) is 9.01. The van der Waals surface area contributed by atoms with Gasteiger partial charge < -0.3 is 10.6 Å². The monoisotopic (exact) mass is 327 g/mol. The number of urea groups is 1. The fourth-order valence-corrected chi connectivity index (χ4v) is 1.55. The molecule has 1 aromatic carbocycles. The van der Waals surface area contributed by atoms with Crippen molar-refractivity contribution in [2.24, 2.45) is 0 Å². The highest BCUT2D eigenvalue weighted by molar-refractivity contribution is 9.10. The number of anilines is 1. The van der Waals surface area contributed by atoms with E-state index >= 15 is 0 Å². The zero-order valence-corrected chi connectivity index (χ0v) is 12.6. The first-order valence-electron chi connectivity index (χ1n) is 6.11. The van der Waals surface area contributed by atoms with Gasteiger partial charge in [0.15, 0.2) is 0 Å². The van der Waals surface area contributed by atoms with Crippen molar-refractivity contribution in [1.29, 1.82) is 0 Å². The van der Waals surface area contributed by atoms with Crippen molar-refractivity contribution in [3.8, 4) is 0 Å². The number of nitrogens with one attached hydrogen (secondary N) is 3. The highest BCUT2D eigenvalue weighted by atomic mass is 79.9. The maximum Gasteiger partial charge on any atom is 0.321 e. The number of hydrogen-bond donors (Lipinski definition) is 3. The molecule has 1 rings (SSSR count). The van der Waals surface area contributed by atoms with E-state index < -0.39 is 6.03 Å². The Morgan fingerprint density at radius 2 is 1.89 bits per heavy atom. The molecule has 0 bridgehead atoms. The predicted octanol–water partition coefficient (Wildman–Crippen LogP) is 2.49. The van der Waals surface area contributed by atoms with E-state index in [0.717, 1.165) is 16.6 Å². The van der Waals surface area contributed by atoms with E-state index in [4.69, 9.17) is 0 Å². The maximum atomic E-state index is 11.5. The average molecular weight is 328 g/mol. The Bertz CT molecular complexity index is 434.